The second-order valence-electron chi connectivity index (χ2n) is 7.39. The number of hydrogen-bond donors (Lipinski definition) is 2. The van der Waals surface area contributed by atoms with Gasteiger partial charge in [0.15, 0.2) is 0 Å². The van der Waals surface area contributed by atoms with Gasteiger partial charge in [-0.15, -0.1) is 0 Å². The van der Waals surface area contributed by atoms with Crippen LogP contribution in [0.15, 0.2) is 9.59 Å². The summed E-state index contributed by atoms with van der Waals surface area (Å²) in [4.78, 5) is 44.9. The quantitative estimate of drug-likeness (QED) is 0.835. The standard InChI is InChI=1S/C18H28N4O3/c1-12-15(17(24)20-18(25)19-12)11-16(23)22-9-5-14(6-10-22)13(2)21-7-3-4-8-21/h13-14H,3-11H2,1-2H3,(H2,19,20,24,25). The molecule has 2 fully saturated rings. The molecular formula is C18H28N4O3. The first kappa shape index (κ1) is 17.9. The number of aromatic nitrogens is 2. The molecule has 7 heteroatoms. The summed E-state index contributed by atoms with van der Waals surface area (Å²) in [6.45, 7) is 7.88. The van der Waals surface area contributed by atoms with Crippen molar-refractivity contribution in [2.75, 3.05) is 26.2 Å². The van der Waals surface area contributed by atoms with E-state index in [-0.39, 0.29) is 12.3 Å². The molecule has 2 aliphatic heterocycles. The Bertz CT molecular complexity index is 725. The molecule has 0 bridgehead atoms. The number of carbonyl (C=O) groups is 1. The van der Waals surface area contributed by atoms with E-state index in [2.05, 4.69) is 21.8 Å². The third-order valence-electron chi connectivity index (χ3n) is 5.87. The Balaban J connectivity index is 1.57. The molecular weight excluding hydrogens is 320 g/mol. The van der Waals surface area contributed by atoms with Crippen molar-refractivity contribution >= 4 is 5.91 Å². The SMILES string of the molecule is Cc1[nH]c(=O)[nH]c(=O)c1CC(=O)N1CCC(C(C)N2CCCC2)CC1. The maximum Gasteiger partial charge on any atom is 0.325 e. The van der Waals surface area contributed by atoms with Gasteiger partial charge in [-0.1, -0.05) is 0 Å². The molecule has 1 aromatic rings. The number of H-pyrrole nitrogens is 2. The highest BCUT2D eigenvalue weighted by Gasteiger charge is 2.30. The summed E-state index contributed by atoms with van der Waals surface area (Å²) < 4.78 is 0. The normalized spacial score (nSPS) is 20.8. The summed E-state index contributed by atoms with van der Waals surface area (Å²) in [6, 6.07) is 0.587. The van der Waals surface area contributed by atoms with Gasteiger partial charge in [-0.25, -0.2) is 4.79 Å². The minimum atomic E-state index is -0.532. The molecule has 3 rings (SSSR count). The third kappa shape index (κ3) is 4.03. The first-order valence-electron chi connectivity index (χ1n) is 9.29. The molecule has 3 heterocycles. The van der Waals surface area contributed by atoms with E-state index >= 15 is 0 Å². The predicted octanol–water partition coefficient (Wildman–Crippen LogP) is 0.637. The van der Waals surface area contributed by atoms with Crippen LogP contribution < -0.4 is 11.2 Å². The van der Waals surface area contributed by atoms with Crippen molar-refractivity contribution < 1.29 is 4.79 Å². The molecule has 25 heavy (non-hydrogen) atoms. The molecule has 0 spiro atoms. The lowest BCUT2D eigenvalue weighted by atomic mass is 9.89. The molecule has 1 aromatic heterocycles. The topological polar surface area (TPSA) is 89.3 Å². The lowest BCUT2D eigenvalue weighted by molar-refractivity contribution is -0.132. The van der Waals surface area contributed by atoms with Gasteiger partial charge in [0.25, 0.3) is 5.56 Å². The van der Waals surface area contributed by atoms with E-state index in [1.165, 1.54) is 25.9 Å². The van der Waals surface area contributed by atoms with Gasteiger partial charge >= 0.3 is 5.69 Å². The van der Waals surface area contributed by atoms with Crippen LogP contribution in [0.1, 0.15) is 43.9 Å². The van der Waals surface area contributed by atoms with Gasteiger partial charge in [0.05, 0.1) is 6.42 Å². The first-order chi connectivity index (χ1) is 12.0. The minimum absolute atomic E-state index is 0.0343. The van der Waals surface area contributed by atoms with Crippen LogP contribution in [0.5, 0.6) is 0 Å². The molecule has 2 aliphatic rings. The van der Waals surface area contributed by atoms with Crippen LogP contribution >= 0.6 is 0 Å². The largest absolute Gasteiger partial charge is 0.342 e. The maximum atomic E-state index is 12.6. The zero-order valence-corrected chi connectivity index (χ0v) is 15.1. The van der Waals surface area contributed by atoms with Crippen LogP contribution in [0.4, 0.5) is 0 Å². The summed E-state index contributed by atoms with van der Waals surface area (Å²) in [5.74, 6) is 0.605. The van der Waals surface area contributed by atoms with Crippen molar-refractivity contribution in [3.8, 4) is 0 Å². The second-order valence-corrected chi connectivity index (χ2v) is 7.39. The number of rotatable bonds is 4. The van der Waals surface area contributed by atoms with Gasteiger partial charge in [-0.3, -0.25) is 14.6 Å². The third-order valence-corrected chi connectivity index (χ3v) is 5.87. The molecule has 1 amide bonds. The fraction of sp³-hybridized carbons (Fsp3) is 0.722. The molecule has 1 unspecified atom stereocenters. The Morgan fingerprint density at radius 2 is 1.76 bits per heavy atom. The molecule has 7 nitrogen and oxygen atoms in total. The van der Waals surface area contributed by atoms with Crippen molar-refractivity contribution in [3.63, 3.8) is 0 Å². The van der Waals surface area contributed by atoms with Gasteiger partial charge < -0.3 is 14.8 Å². The highest BCUT2D eigenvalue weighted by atomic mass is 16.2. The second kappa shape index (κ2) is 7.56. The van der Waals surface area contributed by atoms with Crippen LogP contribution in [0.2, 0.25) is 0 Å². The highest BCUT2D eigenvalue weighted by Crippen LogP contribution is 2.26. The number of likely N-dealkylation sites (tertiary alicyclic amines) is 2. The summed E-state index contributed by atoms with van der Waals surface area (Å²) in [7, 11) is 0. The van der Waals surface area contributed by atoms with Gasteiger partial charge in [-0.05, 0) is 58.5 Å². The number of hydrogen-bond acceptors (Lipinski definition) is 4. The Labute approximate surface area is 147 Å². The van der Waals surface area contributed by atoms with E-state index in [4.69, 9.17) is 0 Å². The molecule has 0 radical (unpaired) electrons. The Morgan fingerprint density at radius 1 is 1.12 bits per heavy atom. The molecule has 2 saturated heterocycles. The minimum Gasteiger partial charge on any atom is -0.342 e. The van der Waals surface area contributed by atoms with E-state index in [0.717, 1.165) is 25.9 Å². The van der Waals surface area contributed by atoms with E-state index in [1.807, 2.05) is 4.90 Å². The first-order valence-corrected chi connectivity index (χ1v) is 9.29. The van der Waals surface area contributed by atoms with Crippen molar-refractivity contribution in [1.29, 1.82) is 0 Å². The lowest BCUT2D eigenvalue weighted by Gasteiger charge is -2.38. The number of carbonyl (C=O) groups excluding carboxylic acids is 1. The Hall–Kier alpha value is -1.89. The highest BCUT2D eigenvalue weighted by molar-refractivity contribution is 5.79. The maximum absolute atomic E-state index is 12.6. The van der Waals surface area contributed by atoms with Gasteiger partial charge in [0.1, 0.15) is 0 Å². The molecule has 138 valence electrons. The number of nitrogens with one attached hydrogen (secondary N) is 2. The summed E-state index contributed by atoms with van der Waals surface area (Å²) in [5.41, 5.74) is -0.167. The number of amides is 1. The van der Waals surface area contributed by atoms with Gasteiger partial charge in [0.2, 0.25) is 5.91 Å². The van der Waals surface area contributed by atoms with Crippen LogP contribution in [0.3, 0.4) is 0 Å². The fourth-order valence-corrected chi connectivity index (χ4v) is 4.18. The molecule has 0 aliphatic carbocycles. The number of aryl methyl sites for hydroxylation is 1. The van der Waals surface area contributed by atoms with Gasteiger partial charge in [-0.2, -0.15) is 0 Å². The zero-order chi connectivity index (χ0) is 18.0. The molecule has 0 saturated carbocycles. The number of nitrogens with zero attached hydrogens (tertiary/aromatic N) is 2. The number of piperidine rings is 1. The van der Waals surface area contributed by atoms with E-state index in [1.54, 1.807) is 6.92 Å². The predicted molar refractivity (Wildman–Crippen MR) is 95.7 cm³/mol. The lowest BCUT2D eigenvalue weighted by Crippen LogP contribution is -2.45. The van der Waals surface area contributed by atoms with E-state index in [0.29, 0.717) is 23.2 Å². The smallest absolute Gasteiger partial charge is 0.325 e. The van der Waals surface area contributed by atoms with Gasteiger partial charge in [0, 0.05) is 30.4 Å². The average Bonchev–Trinajstić information content (AvgIpc) is 3.12. The van der Waals surface area contributed by atoms with E-state index in [9.17, 15) is 14.4 Å². The van der Waals surface area contributed by atoms with Crippen LogP contribution in [-0.4, -0.2) is 57.9 Å². The average molecular weight is 348 g/mol. The van der Waals surface area contributed by atoms with Crippen LogP contribution in [0.25, 0.3) is 0 Å². The van der Waals surface area contributed by atoms with Crippen LogP contribution in [0, 0.1) is 12.8 Å². The molecule has 2 N–H and O–H groups in total. The van der Waals surface area contributed by atoms with Crippen LogP contribution in [-0.2, 0) is 11.2 Å². The van der Waals surface area contributed by atoms with Crippen molar-refractivity contribution in [3.05, 3.63) is 32.1 Å². The summed E-state index contributed by atoms with van der Waals surface area (Å²) >= 11 is 0. The Kier molecular flexibility index (Phi) is 5.42. The summed E-state index contributed by atoms with van der Waals surface area (Å²) in [6.07, 6.45) is 4.68. The van der Waals surface area contributed by atoms with Crippen molar-refractivity contribution in [1.82, 2.24) is 19.8 Å². The van der Waals surface area contributed by atoms with Crippen molar-refractivity contribution in [2.45, 2.75) is 52.0 Å². The Morgan fingerprint density at radius 3 is 2.36 bits per heavy atom. The number of aromatic amines is 2. The zero-order valence-electron chi connectivity index (χ0n) is 15.1. The van der Waals surface area contributed by atoms with E-state index < -0.39 is 11.2 Å². The fourth-order valence-electron chi connectivity index (χ4n) is 4.18. The monoisotopic (exact) mass is 348 g/mol. The molecule has 0 aromatic carbocycles. The van der Waals surface area contributed by atoms with Crippen molar-refractivity contribution in [2.24, 2.45) is 5.92 Å². The summed E-state index contributed by atoms with van der Waals surface area (Å²) in [5, 5.41) is 0. The molecule has 1 atom stereocenters.